The highest BCUT2D eigenvalue weighted by Gasteiger charge is 2.35. The molecule has 1 aromatic carbocycles. The summed E-state index contributed by atoms with van der Waals surface area (Å²) in [4.78, 5) is 25.5. The summed E-state index contributed by atoms with van der Waals surface area (Å²) in [5.41, 5.74) is 0.753. The van der Waals surface area contributed by atoms with E-state index in [0.717, 1.165) is 18.5 Å². The number of carbonyl (C=O) groups excluding carboxylic acids is 2. The largest absolute Gasteiger partial charge is 0.295 e. The van der Waals surface area contributed by atoms with E-state index in [4.69, 9.17) is 0 Å². The maximum absolute atomic E-state index is 12.4. The number of benzene rings is 1. The molecule has 18 heavy (non-hydrogen) atoms. The Kier molecular flexibility index (Phi) is 4.19. The molecule has 0 bridgehead atoms. The molecule has 0 aromatic heterocycles. The Morgan fingerprint density at radius 3 is 2.56 bits per heavy atom. The van der Waals surface area contributed by atoms with Gasteiger partial charge in [-0.1, -0.05) is 42.1 Å². The average Bonchev–Trinajstić information content (AvgIpc) is 2.69. The third kappa shape index (κ3) is 3.00. The molecule has 1 aliphatic rings. The number of likely N-dealkylation sites (tertiary alicyclic amines) is 1. The van der Waals surface area contributed by atoms with Crippen molar-refractivity contribution in [1.29, 1.82) is 0 Å². The molecule has 1 saturated heterocycles. The van der Waals surface area contributed by atoms with Crippen molar-refractivity contribution >= 4 is 22.7 Å². The number of hydrogen-bond donors (Lipinski definition) is 0. The van der Waals surface area contributed by atoms with Gasteiger partial charge in [0.15, 0.2) is 10.9 Å². The van der Waals surface area contributed by atoms with Crippen molar-refractivity contribution in [2.24, 2.45) is 0 Å². The summed E-state index contributed by atoms with van der Waals surface area (Å²) in [5, 5.41) is 0.367. The summed E-state index contributed by atoms with van der Waals surface area (Å²) in [6.07, 6.45) is 0.758. The molecule has 2 rings (SSSR count). The summed E-state index contributed by atoms with van der Waals surface area (Å²) >= 11 is 1.35. The zero-order chi connectivity index (χ0) is 13.1. The lowest BCUT2D eigenvalue weighted by Crippen LogP contribution is -2.32. The lowest BCUT2D eigenvalue weighted by Gasteiger charge is -2.17. The van der Waals surface area contributed by atoms with E-state index in [0.29, 0.717) is 0 Å². The second kappa shape index (κ2) is 5.67. The van der Waals surface area contributed by atoms with E-state index in [1.807, 2.05) is 37.4 Å². The molecule has 1 unspecified atom stereocenters. The summed E-state index contributed by atoms with van der Waals surface area (Å²) in [7, 11) is 1.95. The minimum Gasteiger partial charge on any atom is -0.295 e. The summed E-state index contributed by atoms with van der Waals surface area (Å²) in [5.74, 6) is 0.157. The highest BCUT2D eigenvalue weighted by molar-refractivity contribution is 8.14. The van der Waals surface area contributed by atoms with Crippen LogP contribution in [0.2, 0.25) is 0 Å². The van der Waals surface area contributed by atoms with Gasteiger partial charge in [0.25, 0.3) is 0 Å². The van der Waals surface area contributed by atoms with Gasteiger partial charge in [0.05, 0.1) is 6.04 Å². The molecule has 0 aliphatic carbocycles. The monoisotopic (exact) mass is 263 g/mol. The molecule has 1 fully saturated rings. The Hall–Kier alpha value is -1.13. The molecule has 0 N–H and O–H groups in total. The van der Waals surface area contributed by atoms with Gasteiger partial charge >= 0.3 is 0 Å². The second-order valence-corrected chi connectivity index (χ2v) is 6.13. The third-order valence-corrected chi connectivity index (χ3v) is 4.21. The smallest absolute Gasteiger partial charge is 0.186 e. The fraction of sp³-hybridized carbons (Fsp3) is 0.429. The Balaban J connectivity index is 2.06. The van der Waals surface area contributed by atoms with Crippen LogP contribution in [0.3, 0.4) is 0 Å². The third-order valence-electron chi connectivity index (χ3n) is 3.20. The predicted octanol–water partition coefficient (Wildman–Crippen LogP) is 2.22. The maximum atomic E-state index is 12.4. The Morgan fingerprint density at radius 1 is 1.28 bits per heavy atom. The van der Waals surface area contributed by atoms with Crippen LogP contribution in [0.1, 0.15) is 23.7 Å². The zero-order valence-electron chi connectivity index (χ0n) is 10.6. The van der Waals surface area contributed by atoms with Crippen LogP contribution < -0.4 is 0 Å². The number of thioether (sulfide) groups is 1. The standard InChI is InChI=1S/C14H17NO2S/c1-10(16)18-12-8-13(15(2)9-12)14(17)11-6-4-3-5-7-11/h3-7,12-13H,8-9H2,1-2H3/t12-,13?/m0/s1. The topological polar surface area (TPSA) is 37.4 Å². The number of carbonyl (C=O) groups is 2. The van der Waals surface area contributed by atoms with E-state index < -0.39 is 0 Å². The van der Waals surface area contributed by atoms with E-state index in [1.54, 1.807) is 6.92 Å². The maximum Gasteiger partial charge on any atom is 0.186 e. The van der Waals surface area contributed by atoms with Crippen molar-refractivity contribution in [1.82, 2.24) is 4.90 Å². The average molecular weight is 263 g/mol. The first kappa shape index (κ1) is 13.3. The minimum absolute atomic E-state index is 0.0933. The molecule has 2 atom stereocenters. The van der Waals surface area contributed by atoms with Gasteiger partial charge in [-0.3, -0.25) is 14.5 Å². The van der Waals surface area contributed by atoms with Gasteiger partial charge in [0.1, 0.15) is 0 Å². The number of Topliss-reactive ketones (excluding diaryl/α,β-unsaturated/α-hetero) is 1. The molecule has 1 aromatic rings. The molecule has 1 heterocycles. The Morgan fingerprint density at radius 2 is 1.94 bits per heavy atom. The van der Waals surface area contributed by atoms with Gasteiger partial charge < -0.3 is 0 Å². The lowest BCUT2D eigenvalue weighted by molar-refractivity contribution is -0.109. The molecule has 4 heteroatoms. The molecule has 0 spiro atoms. The van der Waals surface area contributed by atoms with E-state index in [1.165, 1.54) is 11.8 Å². The quantitative estimate of drug-likeness (QED) is 0.784. The molecule has 1 aliphatic heterocycles. The van der Waals surface area contributed by atoms with Crippen LogP contribution in [0, 0.1) is 0 Å². The number of nitrogens with zero attached hydrogens (tertiary/aromatic N) is 1. The summed E-state index contributed by atoms with van der Waals surface area (Å²) in [6.45, 7) is 2.38. The zero-order valence-corrected chi connectivity index (χ0v) is 11.4. The molecule has 0 radical (unpaired) electrons. The predicted molar refractivity (Wildman–Crippen MR) is 73.9 cm³/mol. The Bertz CT molecular complexity index is 446. The first-order chi connectivity index (χ1) is 8.58. The van der Waals surface area contributed by atoms with Gasteiger partial charge in [-0.05, 0) is 13.5 Å². The van der Waals surface area contributed by atoms with Crippen LogP contribution >= 0.6 is 11.8 Å². The molecule has 96 valence electrons. The number of likely N-dealkylation sites (N-methyl/N-ethyl adjacent to an activating group) is 1. The van der Waals surface area contributed by atoms with Crippen LogP contribution in [-0.2, 0) is 4.79 Å². The summed E-state index contributed by atoms with van der Waals surface area (Å²) < 4.78 is 0. The second-order valence-electron chi connectivity index (χ2n) is 4.65. The highest BCUT2D eigenvalue weighted by atomic mass is 32.2. The van der Waals surface area contributed by atoms with Crippen molar-refractivity contribution < 1.29 is 9.59 Å². The lowest BCUT2D eigenvalue weighted by atomic mass is 10.0. The minimum atomic E-state index is -0.0933. The highest BCUT2D eigenvalue weighted by Crippen LogP contribution is 2.28. The molecule has 0 amide bonds. The molecule has 3 nitrogen and oxygen atoms in total. The van der Waals surface area contributed by atoms with Crippen LogP contribution in [0.5, 0.6) is 0 Å². The van der Waals surface area contributed by atoms with E-state index in [9.17, 15) is 9.59 Å². The number of hydrogen-bond acceptors (Lipinski definition) is 4. The van der Waals surface area contributed by atoms with E-state index >= 15 is 0 Å². The van der Waals surface area contributed by atoms with Crippen LogP contribution in [0.15, 0.2) is 30.3 Å². The van der Waals surface area contributed by atoms with Gasteiger partial charge in [-0.15, -0.1) is 0 Å². The molecular formula is C14H17NO2S. The first-order valence-corrected chi connectivity index (χ1v) is 6.92. The number of ketones is 1. The molecule has 0 saturated carbocycles. The van der Waals surface area contributed by atoms with Crippen molar-refractivity contribution in [3.63, 3.8) is 0 Å². The SMILES string of the molecule is CC(=O)S[C@H]1CC(C(=O)c2ccccc2)N(C)C1. The van der Waals surface area contributed by atoms with Gasteiger partial charge in [-0.25, -0.2) is 0 Å². The first-order valence-electron chi connectivity index (χ1n) is 6.04. The van der Waals surface area contributed by atoms with Crippen molar-refractivity contribution in [2.45, 2.75) is 24.6 Å². The van der Waals surface area contributed by atoms with Crippen LogP contribution in [0.4, 0.5) is 0 Å². The van der Waals surface area contributed by atoms with E-state index in [2.05, 4.69) is 4.90 Å². The fourth-order valence-corrected chi connectivity index (χ4v) is 3.43. The van der Waals surface area contributed by atoms with Gasteiger partial charge in [0, 0.05) is 24.3 Å². The van der Waals surface area contributed by atoms with E-state index in [-0.39, 0.29) is 22.2 Å². The van der Waals surface area contributed by atoms with Gasteiger partial charge in [-0.2, -0.15) is 0 Å². The van der Waals surface area contributed by atoms with Crippen molar-refractivity contribution in [3.8, 4) is 0 Å². The summed E-state index contributed by atoms with van der Waals surface area (Å²) in [6, 6.07) is 9.27. The van der Waals surface area contributed by atoms with Crippen LogP contribution in [0.25, 0.3) is 0 Å². The fourth-order valence-electron chi connectivity index (χ4n) is 2.37. The van der Waals surface area contributed by atoms with Crippen molar-refractivity contribution in [2.75, 3.05) is 13.6 Å². The Labute approximate surface area is 112 Å². The molecular weight excluding hydrogens is 246 g/mol. The van der Waals surface area contributed by atoms with Gasteiger partial charge in [0.2, 0.25) is 0 Å². The number of rotatable bonds is 3. The van der Waals surface area contributed by atoms with Crippen molar-refractivity contribution in [3.05, 3.63) is 35.9 Å². The normalized spacial score (nSPS) is 24.1. The van der Waals surface area contributed by atoms with Crippen LogP contribution in [-0.4, -0.2) is 40.7 Å².